The molecule has 0 spiro atoms. The molecule has 5 heteroatoms. The van der Waals surface area contributed by atoms with Crippen molar-refractivity contribution in [2.45, 2.75) is 187 Å². The van der Waals surface area contributed by atoms with Crippen LogP contribution < -0.4 is 0 Å². The van der Waals surface area contributed by atoms with E-state index in [9.17, 15) is 24.0 Å². The molecule has 5 nitrogen and oxygen atoms in total. The van der Waals surface area contributed by atoms with Gasteiger partial charge in [0.2, 0.25) is 0 Å². The predicted molar refractivity (Wildman–Crippen MR) is 188 cm³/mol. The van der Waals surface area contributed by atoms with Crippen LogP contribution in [0, 0.1) is 29.6 Å². The van der Waals surface area contributed by atoms with Crippen LogP contribution in [0.25, 0.3) is 0 Å². The van der Waals surface area contributed by atoms with Crippen molar-refractivity contribution in [3.05, 3.63) is 0 Å². The second kappa shape index (κ2) is 36.5. The van der Waals surface area contributed by atoms with E-state index < -0.39 is 0 Å². The Labute approximate surface area is 269 Å². The van der Waals surface area contributed by atoms with Crippen LogP contribution in [-0.2, 0) is 24.0 Å². The summed E-state index contributed by atoms with van der Waals surface area (Å²) < 4.78 is 0. The van der Waals surface area contributed by atoms with E-state index in [-0.39, 0.29) is 0 Å². The van der Waals surface area contributed by atoms with Crippen molar-refractivity contribution >= 4 is 28.9 Å². The Morgan fingerprint density at radius 2 is 0.488 bits per heavy atom. The average Bonchev–Trinajstić information content (AvgIpc) is 2.83. The molecule has 0 amide bonds. The number of rotatable bonds is 18. The largest absolute Gasteiger partial charge is 0.300 e. The standard InChI is InChI=1S/3C8H16O.2C7H14O/c3*1-4-5-8(9)6-7(2)3;2*1-4-7(8)5-6(2)3/h3*7H,4-6H2,1-3H3;2*6H,4-5H2,1-3H3. The molecule has 0 aliphatic carbocycles. The van der Waals surface area contributed by atoms with Crippen LogP contribution in [-0.4, -0.2) is 28.9 Å². The maximum atomic E-state index is 10.9. The Bertz CT molecular complexity index is 593. The summed E-state index contributed by atoms with van der Waals surface area (Å²) in [5, 5.41) is 0. The van der Waals surface area contributed by atoms with Crippen LogP contribution in [0.1, 0.15) is 187 Å². The molecule has 0 aliphatic rings. The molecular formula is C38H76O5. The summed E-state index contributed by atoms with van der Waals surface area (Å²) in [6, 6.07) is 0. The highest BCUT2D eigenvalue weighted by Gasteiger charge is 2.04. The maximum Gasteiger partial charge on any atom is 0.133 e. The molecular weight excluding hydrogens is 536 g/mol. The number of Topliss-reactive ketones (excluding diaryl/α,β-unsaturated/α-hetero) is 5. The van der Waals surface area contributed by atoms with Gasteiger partial charge in [-0.1, -0.05) is 104 Å². The van der Waals surface area contributed by atoms with Gasteiger partial charge in [0, 0.05) is 64.2 Å². The molecule has 258 valence electrons. The molecule has 0 aromatic heterocycles. The molecule has 0 fully saturated rings. The Balaban J connectivity index is -0.000000140. The minimum Gasteiger partial charge on any atom is -0.300 e. The van der Waals surface area contributed by atoms with E-state index >= 15 is 0 Å². The molecule has 0 unspecified atom stereocenters. The molecule has 0 atom stereocenters. The van der Waals surface area contributed by atoms with E-state index in [0.717, 1.165) is 70.6 Å². The SMILES string of the molecule is CCC(=O)CC(C)C.CCC(=O)CC(C)C.CCCC(=O)CC(C)C.CCCC(=O)CC(C)C.CCCC(=O)CC(C)C. The van der Waals surface area contributed by atoms with Gasteiger partial charge in [-0.3, -0.25) is 24.0 Å². The van der Waals surface area contributed by atoms with Gasteiger partial charge in [0.05, 0.1) is 0 Å². The summed E-state index contributed by atoms with van der Waals surface area (Å²) in [5.41, 5.74) is 0. The molecule has 0 aromatic carbocycles. The van der Waals surface area contributed by atoms with Crippen molar-refractivity contribution in [1.82, 2.24) is 0 Å². The second-order valence-electron chi connectivity index (χ2n) is 13.6. The molecule has 43 heavy (non-hydrogen) atoms. The first-order chi connectivity index (χ1) is 19.8. The molecule has 0 heterocycles. The second-order valence-corrected chi connectivity index (χ2v) is 13.6. The molecule has 0 rings (SSSR count). The van der Waals surface area contributed by atoms with E-state index in [2.05, 4.69) is 69.2 Å². The molecule has 0 saturated heterocycles. The minimum absolute atomic E-state index is 0.375. The summed E-state index contributed by atoms with van der Waals surface area (Å²) in [4.78, 5) is 53.8. The van der Waals surface area contributed by atoms with Crippen LogP contribution in [0.15, 0.2) is 0 Å². The zero-order valence-corrected chi connectivity index (χ0v) is 31.6. The fraction of sp³-hybridized carbons (Fsp3) is 0.868. The summed E-state index contributed by atoms with van der Waals surface area (Å²) in [6.07, 6.45) is 10.4. The zero-order valence-electron chi connectivity index (χ0n) is 31.6. The molecule has 0 aliphatic heterocycles. The lowest BCUT2D eigenvalue weighted by Gasteiger charge is -2.00. The smallest absolute Gasteiger partial charge is 0.133 e. The topological polar surface area (TPSA) is 85.3 Å². The van der Waals surface area contributed by atoms with Gasteiger partial charge in [-0.05, 0) is 48.9 Å². The molecule has 0 N–H and O–H groups in total. The van der Waals surface area contributed by atoms with Gasteiger partial charge >= 0.3 is 0 Å². The van der Waals surface area contributed by atoms with Gasteiger partial charge in [0.1, 0.15) is 28.9 Å². The van der Waals surface area contributed by atoms with Gasteiger partial charge in [-0.2, -0.15) is 0 Å². The van der Waals surface area contributed by atoms with Crippen molar-refractivity contribution in [3.8, 4) is 0 Å². The lowest BCUT2D eigenvalue weighted by molar-refractivity contribution is -0.120. The van der Waals surface area contributed by atoms with Crippen molar-refractivity contribution in [1.29, 1.82) is 0 Å². The predicted octanol–water partition coefficient (Wildman–Crippen LogP) is 11.2. The van der Waals surface area contributed by atoms with Crippen molar-refractivity contribution < 1.29 is 24.0 Å². The van der Waals surface area contributed by atoms with Gasteiger partial charge in [0.25, 0.3) is 0 Å². The van der Waals surface area contributed by atoms with Crippen molar-refractivity contribution in [2.75, 3.05) is 0 Å². The Hall–Kier alpha value is -1.65. The first kappa shape index (κ1) is 51.0. The highest BCUT2D eigenvalue weighted by Crippen LogP contribution is 2.05. The third kappa shape index (κ3) is 60.4. The zero-order chi connectivity index (χ0) is 35.0. The van der Waals surface area contributed by atoms with Gasteiger partial charge < -0.3 is 0 Å². The van der Waals surface area contributed by atoms with E-state index in [0.29, 0.717) is 71.3 Å². The monoisotopic (exact) mass is 613 g/mol. The van der Waals surface area contributed by atoms with Gasteiger partial charge in [0.15, 0.2) is 0 Å². The maximum absolute atomic E-state index is 10.9. The number of hydrogen-bond acceptors (Lipinski definition) is 5. The number of hydrogen-bond donors (Lipinski definition) is 0. The average molecular weight is 613 g/mol. The molecule has 0 saturated carbocycles. The summed E-state index contributed by atoms with van der Waals surface area (Å²) >= 11 is 0. The van der Waals surface area contributed by atoms with E-state index in [1.807, 2.05) is 34.6 Å². The first-order valence-electron chi connectivity index (χ1n) is 17.4. The Kier molecular flexibility index (Phi) is 43.3. The summed E-state index contributed by atoms with van der Waals surface area (Å²) in [5.74, 6) is 4.63. The number of carbonyl (C=O) groups is 5. The van der Waals surface area contributed by atoms with Crippen LogP contribution in [0.4, 0.5) is 0 Å². The summed E-state index contributed by atoms with van der Waals surface area (Å²) in [7, 11) is 0. The lowest BCUT2D eigenvalue weighted by atomic mass is 10.0. The van der Waals surface area contributed by atoms with Crippen LogP contribution in [0.2, 0.25) is 0 Å². The molecule has 0 aromatic rings. The summed E-state index contributed by atoms with van der Waals surface area (Å²) in [6.45, 7) is 30.6. The Morgan fingerprint density at radius 1 is 0.326 bits per heavy atom. The lowest BCUT2D eigenvalue weighted by Crippen LogP contribution is -2.01. The van der Waals surface area contributed by atoms with E-state index in [4.69, 9.17) is 0 Å². The van der Waals surface area contributed by atoms with Gasteiger partial charge in [-0.25, -0.2) is 0 Å². The minimum atomic E-state index is 0.375. The third-order valence-electron chi connectivity index (χ3n) is 5.55. The van der Waals surface area contributed by atoms with Crippen LogP contribution in [0.3, 0.4) is 0 Å². The molecule has 0 bridgehead atoms. The highest BCUT2D eigenvalue weighted by molar-refractivity contribution is 5.79. The number of ketones is 5. The Morgan fingerprint density at radius 3 is 0.581 bits per heavy atom. The van der Waals surface area contributed by atoms with Crippen molar-refractivity contribution in [3.63, 3.8) is 0 Å². The fourth-order valence-electron chi connectivity index (χ4n) is 3.71. The quantitative estimate of drug-likeness (QED) is 0.154. The van der Waals surface area contributed by atoms with Crippen LogP contribution in [0.5, 0.6) is 0 Å². The first-order valence-corrected chi connectivity index (χ1v) is 17.4. The highest BCUT2D eigenvalue weighted by atomic mass is 16.1. The van der Waals surface area contributed by atoms with E-state index in [1.54, 1.807) is 0 Å². The van der Waals surface area contributed by atoms with Gasteiger partial charge in [-0.15, -0.1) is 0 Å². The fourth-order valence-corrected chi connectivity index (χ4v) is 3.71. The number of carbonyl (C=O) groups excluding carboxylic acids is 5. The van der Waals surface area contributed by atoms with Crippen LogP contribution >= 0.6 is 0 Å². The van der Waals surface area contributed by atoms with E-state index in [1.165, 1.54) is 0 Å². The third-order valence-corrected chi connectivity index (χ3v) is 5.55. The molecule has 0 radical (unpaired) electrons. The van der Waals surface area contributed by atoms with Crippen molar-refractivity contribution in [2.24, 2.45) is 29.6 Å². The normalized spacial score (nSPS) is 10.1.